The van der Waals surface area contributed by atoms with E-state index < -0.39 is 0 Å². The Morgan fingerprint density at radius 3 is 2.62 bits per heavy atom. The molecule has 1 aliphatic heterocycles. The van der Waals surface area contributed by atoms with Crippen LogP contribution >= 0.6 is 11.3 Å². The van der Waals surface area contributed by atoms with Crippen LogP contribution in [0.25, 0.3) is 0 Å². The molecule has 1 aromatic rings. The van der Waals surface area contributed by atoms with Crippen molar-refractivity contribution in [3.05, 3.63) is 22.4 Å². The molecular formula is C20H34N4OS. The first-order valence-electron chi connectivity index (χ1n) is 10.3. The monoisotopic (exact) mass is 378 g/mol. The van der Waals surface area contributed by atoms with Crippen molar-refractivity contribution < 1.29 is 4.79 Å². The molecule has 1 saturated heterocycles. The maximum Gasteiger partial charge on any atom is 0.317 e. The van der Waals surface area contributed by atoms with Crippen molar-refractivity contribution in [1.29, 1.82) is 0 Å². The molecule has 146 valence electrons. The van der Waals surface area contributed by atoms with Crippen molar-refractivity contribution in [2.75, 3.05) is 45.8 Å². The van der Waals surface area contributed by atoms with Crippen LogP contribution in [-0.2, 0) is 6.54 Å². The number of amides is 2. The minimum atomic E-state index is 0.124. The highest BCUT2D eigenvalue weighted by atomic mass is 32.1. The van der Waals surface area contributed by atoms with Gasteiger partial charge >= 0.3 is 6.03 Å². The van der Waals surface area contributed by atoms with Crippen LogP contribution in [0, 0.1) is 0 Å². The number of nitrogens with one attached hydrogen (secondary N) is 1. The van der Waals surface area contributed by atoms with E-state index in [4.69, 9.17) is 0 Å². The van der Waals surface area contributed by atoms with Gasteiger partial charge in [0.25, 0.3) is 0 Å². The van der Waals surface area contributed by atoms with Gasteiger partial charge in [0, 0.05) is 45.3 Å². The van der Waals surface area contributed by atoms with Gasteiger partial charge in [0.05, 0.1) is 0 Å². The molecule has 6 heteroatoms. The summed E-state index contributed by atoms with van der Waals surface area (Å²) in [5, 5.41) is 7.44. The van der Waals surface area contributed by atoms with Gasteiger partial charge in [0.1, 0.15) is 0 Å². The molecule has 0 spiro atoms. The van der Waals surface area contributed by atoms with E-state index in [-0.39, 0.29) is 6.03 Å². The van der Waals surface area contributed by atoms with Crippen molar-refractivity contribution >= 4 is 17.4 Å². The Labute approximate surface area is 162 Å². The Morgan fingerprint density at radius 1 is 1.23 bits per heavy atom. The molecule has 1 saturated carbocycles. The summed E-state index contributed by atoms with van der Waals surface area (Å²) in [5.41, 5.74) is 1.26. The fourth-order valence-electron chi connectivity index (χ4n) is 4.09. The lowest BCUT2D eigenvalue weighted by Crippen LogP contribution is -2.47. The summed E-state index contributed by atoms with van der Waals surface area (Å²) in [7, 11) is 0. The first kappa shape index (κ1) is 19.6. The highest BCUT2D eigenvalue weighted by Crippen LogP contribution is 2.25. The van der Waals surface area contributed by atoms with Gasteiger partial charge < -0.3 is 20.0 Å². The van der Waals surface area contributed by atoms with E-state index >= 15 is 0 Å². The zero-order chi connectivity index (χ0) is 18.2. The van der Waals surface area contributed by atoms with Gasteiger partial charge in [-0.25, -0.2) is 4.79 Å². The van der Waals surface area contributed by atoms with Crippen molar-refractivity contribution in [2.24, 2.45) is 0 Å². The van der Waals surface area contributed by atoms with Gasteiger partial charge in [-0.3, -0.25) is 0 Å². The number of likely N-dealkylation sites (N-methyl/N-ethyl adjacent to an activating group) is 1. The number of urea groups is 1. The third kappa shape index (κ3) is 5.69. The molecule has 26 heavy (non-hydrogen) atoms. The number of rotatable bonds is 8. The van der Waals surface area contributed by atoms with E-state index in [1.165, 1.54) is 31.5 Å². The molecular weight excluding hydrogens is 344 g/mol. The van der Waals surface area contributed by atoms with Crippen LogP contribution < -0.4 is 5.32 Å². The van der Waals surface area contributed by atoms with Gasteiger partial charge in [0.15, 0.2) is 0 Å². The molecule has 0 atom stereocenters. The second kappa shape index (κ2) is 10.3. The fourth-order valence-corrected chi connectivity index (χ4v) is 4.75. The number of hydrogen-bond acceptors (Lipinski definition) is 4. The quantitative estimate of drug-likeness (QED) is 0.706. The molecule has 2 aliphatic rings. The van der Waals surface area contributed by atoms with E-state index in [1.807, 2.05) is 0 Å². The zero-order valence-electron chi connectivity index (χ0n) is 16.2. The SMILES string of the molecule is CCN1CCN(CCCNC(=O)N(Cc2ccsc2)C2CCCC2)CC1. The van der Waals surface area contributed by atoms with E-state index in [2.05, 4.69) is 43.8 Å². The summed E-state index contributed by atoms with van der Waals surface area (Å²) in [6.45, 7) is 10.7. The van der Waals surface area contributed by atoms with Crippen LogP contribution in [0.5, 0.6) is 0 Å². The number of carbonyl (C=O) groups is 1. The Kier molecular flexibility index (Phi) is 7.77. The molecule has 1 N–H and O–H groups in total. The van der Waals surface area contributed by atoms with Crippen molar-refractivity contribution in [3.63, 3.8) is 0 Å². The molecule has 3 rings (SSSR count). The molecule has 2 heterocycles. The number of carbonyl (C=O) groups excluding carboxylic acids is 1. The summed E-state index contributed by atoms with van der Waals surface area (Å²) in [5.74, 6) is 0. The standard InChI is InChI=1S/C20H34N4OS/c1-2-22-11-13-23(14-12-22)10-5-9-21-20(25)24(19-6-3-4-7-19)16-18-8-15-26-17-18/h8,15,17,19H,2-7,9-14,16H2,1H3,(H,21,25). The molecule has 0 aromatic carbocycles. The van der Waals surface area contributed by atoms with Crippen LogP contribution in [0.3, 0.4) is 0 Å². The molecule has 2 fully saturated rings. The third-order valence-corrected chi connectivity index (χ3v) is 6.53. The number of nitrogens with zero attached hydrogens (tertiary/aromatic N) is 3. The molecule has 5 nitrogen and oxygen atoms in total. The summed E-state index contributed by atoms with van der Waals surface area (Å²) in [4.78, 5) is 19.9. The van der Waals surface area contributed by atoms with E-state index in [0.29, 0.717) is 6.04 Å². The van der Waals surface area contributed by atoms with E-state index in [0.717, 1.165) is 58.5 Å². The average Bonchev–Trinajstić information content (AvgIpc) is 3.37. The number of hydrogen-bond donors (Lipinski definition) is 1. The Balaban J connectivity index is 1.40. The topological polar surface area (TPSA) is 38.8 Å². The van der Waals surface area contributed by atoms with Crippen molar-refractivity contribution in [3.8, 4) is 0 Å². The van der Waals surface area contributed by atoms with Crippen molar-refractivity contribution in [2.45, 2.75) is 51.6 Å². The molecule has 1 aliphatic carbocycles. The minimum Gasteiger partial charge on any atom is -0.338 e. The largest absolute Gasteiger partial charge is 0.338 e. The van der Waals surface area contributed by atoms with Gasteiger partial charge in [-0.1, -0.05) is 19.8 Å². The maximum absolute atomic E-state index is 12.8. The predicted molar refractivity (Wildman–Crippen MR) is 109 cm³/mol. The van der Waals surface area contributed by atoms with Crippen LogP contribution in [-0.4, -0.2) is 72.6 Å². The Hall–Kier alpha value is -1.11. The second-order valence-corrected chi connectivity index (χ2v) is 8.34. The first-order chi connectivity index (χ1) is 12.8. The third-order valence-electron chi connectivity index (χ3n) is 5.80. The summed E-state index contributed by atoms with van der Waals surface area (Å²) in [6, 6.07) is 2.67. The summed E-state index contributed by atoms with van der Waals surface area (Å²) in [6.07, 6.45) is 5.84. The van der Waals surface area contributed by atoms with Gasteiger partial charge in [-0.15, -0.1) is 0 Å². The molecule has 0 unspecified atom stereocenters. The van der Waals surface area contributed by atoms with Crippen LogP contribution in [0.2, 0.25) is 0 Å². The Morgan fingerprint density at radius 2 is 1.96 bits per heavy atom. The average molecular weight is 379 g/mol. The van der Waals surface area contributed by atoms with Crippen LogP contribution in [0.1, 0.15) is 44.6 Å². The van der Waals surface area contributed by atoms with Gasteiger partial charge in [0.2, 0.25) is 0 Å². The molecule has 0 radical (unpaired) electrons. The lowest BCUT2D eigenvalue weighted by atomic mass is 10.2. The lowest BCUT2D eigenvalue weighted by Gasteiger charge is -2.34. The normalized spacial score (nSPS) is 19.7. The smallest absolute Gasteiger partial charge is 0.317 e. The van der Waals surface area contributed by atoms with Crippen LogP contribution in [0.15, 0.2) is 16.8 Å². The second-order valence-electron chi connectivity index (χ2n) is 7.56. The minimum absolute atomic E-state index is 0.124. The predicted octanol–water partition coefficient (Wildman–Crippen LogP) is 3.23. The molecule has 0 bridgehead atoms. The van der Waals surface area contributed by atoms with E-state index in [1.54, 1.807) is 11.3 Å². The number of thiophene rings is 1. The van der Waals surface area contributed by atoms with Crippen LogP contribution in [0.4, 0.5) is 4.79 Å². The maximum atomic E-state index is 12.8. The van der Waals surface area contributed by atoms with Crippen molar-refractivity contribution in [1.82, 2.24) is 20.0 Å². The summed E-state index contributed by atoms with van der Waals surface area (Å²) < 4.78 is 0. The van der Waals surface area contributed by atoms with Gasteiger partial charge in [-0.2, -0.15) is 11.3 Å². The fraction of sp³-hybridized carbons (Fsp3) is 0.750. The van der Waals surface area contributed by atoms with E-state index in [9.17, 15) is 4.79 Å². The first-order valence-corrected chi connectivity index (χ1v) is 11.2. The zero-order valence-corrected chi connectivity index (χ0v) is 17.0. The highest BCUT2D eigenvalue weighted by Gasteiger charge is 2.26. The summed E-state index contributed by atoms with van der Waals surface area (Å²) >= 11 is 1.71. The van der Waals surface area contributed by atoms with Gasteiger partial charge in [-0.05, 0) is 54.7 Å². The molecule has 2 amide bonds. The Bertz CT molecular complexity index is 522. The highest BCUT2D eigenvalue weighted by molar-refractivity contribution is 7.07. The lowest BCUT2D eigenvalue weighted by molar-refractivity contribution is 0.135. The molecule has 1 aromatic heterocycles. The number of piperazine rings is 1.